The van der Waals surface area contributed by atoms with Crippen molar-refractivity contribution in [2.24, 2.45) is 9.98 Å². The summed E-state index contributed by atoms with van der Waals surface area (Å²) in [5, 5.41) is 5.58. The number of amides is 3. The molecule has 0 aliphatic carbocycles. The molecule has 0 radical (unpaired) electrons. The maximum absolute atomic E-state index is 13.6. The van der Waals surface area contributed by atoms with Gasteiger partial charge in [0.15, 0.2) is 5.17 Å². The first-order valence-corrected chi connectivity index (χ1v) is 14.4. The number of fused-ring (bicyclic) bond motifs is 3. The minimum absolute atomic E-state index is 0.147. The summed E-state index contributed by atoms with van der Waals surface area (Å²) in [7, 11) is 0. The molecule has 3 aromatic rings. The van der Waals surface area contributed by atoms with E-state index in [2.05, 4.69) is 22.5 Å². The molecule has 0 spiro atoms. The zero-order chi connectivity index (χ0) is 28.9. The summed E-state index contributed by atoms with van der Waals surface area (Å²) in [5.74, 6) is -0.845. The van der Waals surface area contributed by atoms with Crippen molar-refractivity contribution in [2.45, 2.75) is 50.9 Å². The standard InChI is InChI=1S/C31H30FN5O3S/c1-3-19-11-15-22(16-12-19)34-29(39)26(4-2)41-31-36-24-8-6-5-7-23(24)28-35-25(30(40)37(28)31)17-27(38)33-18-20-9-13-21(32)14-10-20/h5-16,25-26H,3-4,17-18H2,1-2H3,(H,33,38)(H,34,39). The van der Waals surface area contributed by atoms with E-state index in [1.54, 1.807) is 12.1 Å². The average Bonchev–Trinajstić information content (AvgIpc) is 3.31. The monoisotopic (exact) mass is 571 g/mol. The summed E-state index contributed by atoms with van der Waals surface area (Å²) in [6.45, 7) is 4.19. The van der Waals surface area contributed by atoms with Crippen LogP contribution in [-0.4, -0.2) is 44.9 Å². The largest absolute Gasteiger partial charge is 0.352 e. The Morgan fingerprint density at radius 2 is 1.71 bits per heavy atom. The van der Waals surface area contributed by atoms with E-state index < -0.39 is 11.3 Å². The number of para-hydroxylation sites is 1. The van der Waals surface area contributed by atoms with Gasteiger partial charge in [0.2, 0.25) is 11.8 Å². The second-order valence-corrected chi connectivity index (χ2v) is 10.9. The van der Waals surface area contributed by atoms with E-state index in [9.17, 15) is 18.8 Å². The van der Waals surface area contributed by atoms with Crippen LogP contribution >= 0.6 is 11.8 Å². The number of carbonyl (C=O) groups excluding carboxylic acids is 3. The highest BCUT2D eigenvalue weighted by molar-refractivity contribution is 8.15. The number of aliphatic imine (C=N–C) groups is 2. The summed E-state index contributed by atoms with van der Waals surface area (Å²) in [6, 6.07) is 20.0. The Kier molecular flexibility index (Phi) is 8.58. The summed E-state index contributed by atoms with van der Waals surface area (Å²) < 4.78 is 13.2. The topological polar surface area (TPSA) is 103 Å². The highest BCUT2D eigenvalue weighted by atomic mass is 32.2. The number of thioether (sulfide) groups is 1. The van der Waals surface area contributed by atoms with Crippen LogP contribution in [0.5, 0.6) is 0 Å². The minimum Gasteiger partial charge on any atom is -0.352 e. The molecule has 2 aliphatic rings. The molecule has 2 heterocycles. The lowest BCUT2D eigenvalue weighted by molar-refractivity contribution is -0.128. The molecule has 2 N–H and O–H groups in total. The van der Waals surface area contributed by atoms with Gasteiger partial charge in [-0.2, -0.15) is 0 Å². The van der Waals surface area contributed by atoms with Crippen LogP contribution < -0.4 is 10.6 Å². The molecule has 10 heteroatoms. The number of carbonyl (C=O) groups is 3. The quantitative estimate of drug-likeness (QED) is 0.368. The molecule has 3 amide bonds. The number of anilines is 1. The van der Waals surface area contributed by atoms with Crippen molar-refractivity contribution >= 4 is 51.9 Å². The van der Waals surface area contributed by atoms with Crippen LogP contribution in [0.1, 0.15) is 43.4 Å². The van der Waals surface area contributed by atoms with E-state index >= 15 is 0 Å². The summed E-state index contributed by atoms with van der Waals surface area (Å²) in [6.07, 6.45) is 1.27. The molecule has 0 saturated heterocycles. The smallest absolute Gasteiger partial charge is 0.259 e. The van der Waals surface area contributed by atoms with E-state index in [1.807, 2.05) is 55.5 Å². The lowest BCUT2D eigenvalue weighted by Crippen LogP contribution is -2.43. The molecule has 2 unspecified atom stereocenters. The molecule has 2 atom stereocenters. The van der Waals surface area contributed by atoms with Gasteiger partial charge in [0.1, 0.15) is 17.7 Å². The molecule has 41 heavy (non-hydrogen) atoms. The first-order chi connectivity index (χ1) is 19.9. The van der Waals surface area contributed by atoms with E-state index in [4.69, 9.17) is 4.99 Å². The molecular formula is C31H30FN5O3S. The third kappa shape index (κ3) is 6.38. The van der Waals surface area contributed by atoms with Crippen LogP contribution in [0.2, 0.25) is 0 Å². The maximum Gasteiger partial charge on any atom is 0.259 e. The Bertz CT molecular complexity index is 1520. The van der Waals surface area contributed by atoms with Gasteiger partial charge in [0.25, 0.3) is 5.91 Å². The molecule has 0 aromatic heterocycles. The van der Waals surface area contributed by atoms with Crippen LogP contribution in [-0.2, 0) is 27.3 Å². The first kappa shape index (κ1) is 28.2. The number of hydrogen-bond acceptors (Lipinski definition) is 6. The van der Waals surface area contributed by atoms with Crippen molar-refractivity contribution in [2.75, 3.05) is 5.32 Å². The lowest BCUT2D eigenvalue weighted by Gasteiger charge is -2.27. The highest BCUT2D eigenvalue weighted by Crippen LogP contribution is 2.36. The summed E-state index contributed by atoms with van der Waals surface area (Å²) >= 11 is 1.21. The van der Waals surface area contributed by atoms with Crippen LogP contribution in [0, 0.1) is 5.82 Å². The van der Waals surface area contributed by atoms with Gasteiger partial charge >= 0.3 is 0 Å². The number of nitrogens with zero attached hydrogens (tertiary/aromatic N) is 3. The second kappa shape index (κ2) is 12.5. The second-order valence-electron chi connectivity index (χ2n) is 9.72. The zero-order valence-corrected chi connectivity index (χ0v) is 23.6. The predicted molar refractivity (Wildman–Crippen MR) is 160 cm³/mol. The molecule has 3 aromatic carbocycles. The summed E-state index contributed by atoms with van der Waals surface area (Å²) in [5.41, 5.74) is 3.95. The molecule has 5 rings (SSSR count). The third-order valence-electron chi connectivity index (χ3n) is 6.87. The SMILES string of the molecule is CCc1ccc(NC(=O)C(CC)SC2=Nc3ccccc3C3=NC(CC(=O)NCc4ccc(F)cc4)C(=O)N23)cc1. The number of nitrogens with one attached hydrogen (secondary N) is 2. The molecule has 0 bridgehead atoms. The van der Waals surface area contributed by atoms with E-state index in [1.165, 1.54) is 34.4 Å². The van der Waals surface area contributed by atoms with Gasteiger partial charge < -0.3 is 10.6 Å². The number of aryl methyl sites for hydroxylation is 1. The molecule has 210 valence electrons. The molecule has 0 saturated carbocycles. The van der Waals surface area contributed by atoms with Crippen LogP contribution in [0.25, 0.3) is 0 Å². The van der Waals surface area contributed by atoms with Gasteiger partial charge in [-0.05, 0) is 60.4 Å². The first-order valence-electron chi connectivity index (χ1n) is 13.5. The van der Waals surface area contributed by atoms with Gasteiger partial charge in [0, 0.05) is 17.8 Å². The van der Waals surface area contributed by atoms with Crippen molar-refractivity contribution in [1.82, 2.24) is 10.2 Å². The fraction of sp³-hybridized carbons (Fsp3) is 0.258. The van der Waals surface area contributed by atoms with Crippen molar-refractivity contribution in [3.05, 3.63) is 95.3 Å². The molecular weight excluding hydrogens is 541 g/mol. The average molecular weight is 572 g/mol. The fourth-order valence-corrected chi connectivity index (χ4v) is 5.58. The minimum atomic E-state index is -0.929. The Balaban J connectivity index is 1.31. The Morgan fingerprint density at radius 3 is 2.41 bits per heavy atom. The number of halogens is 1. The van der Waals surface area contributed by atoms with Gasteiger partial charge in [-0.15, -0.1) is 0 Å². The number of rotatable bonds is 9. The zero-order valence-electron chi connectivity index (χ0n) is 22.8. The van der Waals surface area contributed by atoms with Crippen LogP contribution in [0.15, 0.2) is 82.8 Å². The van der Waals surface area contributed by atoms with Gasteiger partial charge in [-0.3, -0.25) is 19.4 Å². The van der Waals surface area contributed by atoms with Crippen LogP contribution in [0.4, 0.5) is 15.8 Å². The van der Waals surface area contributed by atoms with Gasteiger partial charge in [0.05, 0.1) is 17.4 Å². The maximum atomic E-state index is 13.6. The van der Waals surface area contributed by atoms with E-state index in [0.29, 0.717) is 34.4 Å². The fourth-order valence-electron chi connectivity index (χ4n) is 4.56. The summed E-state index contributed by atoms with van der Waals surface area (Å²) in [4.78, 5) is 50.3. The van der Waals surface area contributed by atoms with Gasteiger partial charge in [-0.25, -0.2) is 14.3 Å². The third-order valence-corrected chi connectivity index (χ3v) is 8.19. The van der Waals surface area contributed by atoms with Crippen molar-refractivity contribution < 1.29 is 18.8 Å². The highest BCUT2D eigenvalue weighted by Gasteiger charge is 2.43. The molecule has 8 nitrogen and oxygen atoms in total. The normalized spacial score (nSPS) is 16.3. The van der Waals surface area contributed by atoms with Crippen molar-refractivity contribution in [3.63, 3.8) is 0 Å². The Morgan fingerprint density at radius 1 is 1.00 bits per heavy atom. The number of amidine groups is 2. The lowest BCUT2D eigenvalue weighted by atomic mass is 10.1. The number of hydrogen-bond donors (Lipinski definition) is 2. The Labute approximate surface area is 242 Å². The van der Waals surface area contributed by atoms with E-state index in [0.717, 1.165) is 12.0 Å². The Hall–Kier alpha value is -4.31. The van der Waals surface area contributed by atoms with Crippen LogP contribution in [0.3, 0.4) is 0 Å². The molecule has 2 aliphatic heterocycles. The van der Waals surface area contributed by atoms with Crippen molar-refractivity contribution in [1.29, 1.82) is 0 Å². The van der Waals surface area contributed by atoms with Gasteiger partial charge in [-0.1, -0.05) is 62.0 Å². The van der Waals surface area contributed by atoms with Crippen molar-refractivity contribution in [3.8, 4) is 0 Å². The number of benzene rings is 3. The predicted octanol–water partition coefficient (Wildman–Crippen LogP) is 5.20. The van der Waals surface area contributed by atoms with E-state index in [-0.39, 0.29) is 36.5 Å². The molecule has 0 fully saturated rings.